The van der Waals surface area contributed by atoms with Crippen LogP contribution < -0.4 is 4.74 Å². The molecule has 0 aliphatic carbocycles. The third-order valence-corrected chi connectivity index (χ3v) is 4.88. The van der Waals surface area contributed by atoms with Gasteiger partial charge in [0.1, 0.15) is 22.3 Å². The van der Waals surface area contributed by atoms with Crippen molar-refractivity contribution in [2.75, 3.05) is 0 Å². The first-order valence-electron chi connectivity index (χ1n) is 6.57. The van der Waals surface area contributed by atoms with Gasteiger partial charge in [0, 0.05) is 16.5 Å². The Morgan fingerprint density at radius 1 is 1.35 bits per heavy atom. The van der Waals surface area contributed by atoms with E-state index >= 15 is 0 Å². The van der Waals surface area contributed by atoms with E-state index in [4.69, 9.17) is 4.74 Å². The predicted molar refractivity (Wildman–Crippen MR) is 87.9 cm³/mol. The summed E-state index contributed by atoms with van der Waals surface area (Å²) in [6.07, 6.45) is 0.651. The van der Waals surface area contributed by atoms with Crippen LogP contribution in [-0.4, -0.2) is 20.3 Å². The Kier molecular flexibility index (Phi) is 4.13. The first-order valence-corrected chi connectivity index (χ1v) is 8.47. The van der Waals surface area contributed by atoms with Gasteiger partial charge < -0.3 is 4.74 Å². The molecule has 1 atom stereocenters. The van der Waals surface area contributed by atoms with Gasteiger partial charge in [-0.15, -0.1) is 0 Å². The molecule has 5 heteroatoms. The van der Waals surface area contributed by atoms with Gasteiger partial charge in [-0.2, -0.15) is 4.40 Å². The average molecular weight is 358 g/mol. The minimum Gasteiger partial charge on any atom is -0.487 e. The van der Waals surface area contributed by atoms with E-state index in [9.17, 15) is 4.21 Å². The van der Waals surface area contributed by atoms with Crippen LogP contribution in [0, 0.1) is 0 Å². The smallest absolute Gasteiger partial charge is 0.145 e. The summed E-state index contributed by atoms with van der Waals surface area (Å²) in [5.74, 6) is 0.800. The zero-order chi connectivity index (χ0) is 15.1. The lowest BCUT2D eigenvalue weighted by molar-refractivity contribution is 0.111. The van der Waals surface area contributed by atoms with Gasteiger partial charge in [0.05, 0.1) is 10.5 Å². The standard InChI is InChI=1S/C15H20BrNO2S/c1-14(2,3)20(18)17-12-9-15(4,5)19-13-7-6-10(16)8-11(12)13/h6-8H,9H2,1-5H3/b17-12+/t20-/m1/s1. The Balaban J connectivity index is 2.51. The topological polar surface area (TPSA) is 38.7 Å². The molecular formula is C15H20BrNO2S. The van der Waals surface area contributed by atoms with Crippen molar-refractivity contribution < 1.29 is 8.95 Å². The van der Waals surface area contributed by atoms with Crippen molar-refractivity contribution in [1.29, 1.82) is 0 Å². The molecular weight excluding hydrogens is 338 g/mol. The molecule has 20 heavy (non-hydrogen) atoms. The molecule has 0 bridgehead atoms. The fraction of sp³-hybridized carbons (Fsp3) is 0.533. The minimum absolute atomic E-state index is 0.332. The Hall–Kier alpha value is -0.680. The fourth-order valence-corrected chi connectivity index (χ4v) is 2.97. The molecule has 0 aromatic heterocycles. The number of fused-ring (bicyclic) bond motifs is 1. The number of halogens is 1. The summed E-state index contributed by atoms with van der Waals surface area (Å²) in [6.45, 7) is 9.83. The monoisotopic (exact) mass is 357 g/mol. The second-order valence-corrected chi connectivity index (χ2v) is 9.40. The van der Waals surface area contributed by atoms with E-state index in [0.717, 1.165) is 21.5 Å². The normalized spacial score (nSPS) is 21.2. The first kappa shape index (κ1) is 15.7. The maximum absolute atomic E-state index is 12.3. The number of rotatable bonds is 1. The molecule has 2 rings (SSSR count). The average Bonchev–Trinajstić information content (AvgIpc) is 2.27. The highest BCUT2D eigenvalue weighted by Gasteiger charge is 2.32. The summed E-state index contributed by atoms with van der Waals surface area (Å²) >= 11 is 3.47. The maximum atomic E-state index is 12.3. The molecule has 1 aliphatic heterocycles. The van der Waals surface area contributed by atoms with Crippen molar-refractivity contribution in [2.24, 2.45) is 4.40 Å². The molecule has 0 saturated heterocycles. The van der Waals surface area contributed by atoms with E-state index in [1.165, 1.54) is 0 Å². The Labute approximate surface area is 131 Å². The van der Waals surface area contributed by atoms with E-state index in [0.29, 0.717) is 6.42 Å². The summed E-state index contributed by atoms with van der Waals surface area (Å²) in [7, 11) is -1.26. The Morgan fingerprint density at radius 2 is 2.00 bits per heavy atom. The van der Waals surface area contributed by atoms with Crippen molar-refractivity contribution in [2.45, 2.75) is 51.4 Å². The number of ether oxygens (including phenoxy) is 1. The van der Waals surface area contributed by atoms with E-state index in [1.54, 1.807) is 0 Å². The number of benzene rings is 1. The third-order valence-electron chi connectivity index (χ3n) is 2.95. The number of hydrogen-bond donors (Lipinski definition) is 0. The summed E-state index contributed by atoms with van der Waals surface area (Å²) in [5.41, 5.74) is 1.45. The predicted octanol–water partition coefficient (Wildman–Crippen LogP) is 4.26. The summed E-state index contributed by atoms with van der Waals surface area (Å²) in [5, 5.41) is 0. The van der Waals surface area contributed by atoms with Crippen molar-refractivity contribution in [3.63, 3.8) is 0 Å². The van der Waals surface area contributed by atoms with Crippen LogP contribution in [-0.2, 0) is 11.0 Å². The van der Waals surface area contributed by atoms with Gasteiger partial charge in [0.25, 0.3) is 0 Å². The molecule has 0 fully saturated rings. The first-order chi connectivity index (χ1) is 9.08. The van der Waals surface area contributed by atoms with Crippen LogP contribution in [0.4, 0.5) is 0 Å². The lowest BCUT2D eigenvalue weighted by Gasteiger charge is -2.33. The quantitative estimate of drug-likeness (QED) is 0.752. The van der Waals surface area contributed by atoms with Gasteiger partial charge in [-0.25, -0.2) is 4.21 Å². The van der Waals surface area contributed by atoms with Crippen LogP contribution in [0.2, 0.25) is 0 Å². The van der Waals surface area contributed by atoms with Gasteiger partial charge >= 0.3 is 0 Å². The molecule has 1 aliphatic rings. The minimum atomic E-state index is -1.26. The molecule has 0 spiro atoms. The SMILES string of the molecule is CC1(C)C/C(=N\[S@](=O)C(C)(C)C)c2cc(Br)ccc2O1. The molecule has 1 aromatic rings. The molecule has 0 amide bonds. The summed E-state index contributed by atoms with van der Waals surface area (Å²) in [4.78, 5) is 0. The molecule has 0 saturated carbocycles. The van der Waals surface area contributed by atoms with E-state index in [-0.39, 0.29) is 10.3 Å². The van der Waals surface area contributed by atoms with Crippen LogP contribution in [0.5, 0.6) is 5.75 Å². The highest BCUT2D eigenvalue weighted by atomic mass is 79.9. The van der Waals surface area contributed by atoms with E-state index in [1.807, 2.05) is 52.8 Å². The molecule has 0 unspecified atom stereocenters. The van der Waals surface area contributed by atoms with Gasteiger partial charge in [-0.05, 0) is 52.8 Å². The van der Waals surface area contributed by atoms with E-state index < -0.39 is 11.0 Å². The number of hydrogen-bond acceptors (Lipinski definition) is 2. The molecule has 0 N–H and O–H groups in total. The van der Waals surface area contributed by atoms with Gasteiger partial charge in [0.15, 0.2) is 0 Å². The van der Waals surface area contributed by atoms with Crippen molar-refractivity contribution in [3.8, 4) is 5.75 Å². The van der Waals surface area contributed by atoms with Crippen molar-refractivity contribution in [1.82, 2.24) is 0 Å². The highest BCUT2D eigenvalue weighted by molar-refractivity contribution is 9.10. The molecule has 1 heterocycles. The fourth-order valence-electron chi connectivity index (χ4n) is 1.97. The zero-order valence-electron chi connectivity index (χ0n) is 12.5. The lowest BCUT2D eigenvalue weighted by atomic mass is 9.92. The van der Waals surface area contributed by atoms with Crippen LogP contribution in [0.1, 0.15) is 46.6 Å². The van der Waals surface area contributed by atoms with Crippen LogP contribution in [0.3, 0.4) is 0 Å². The second kappa shape index (κ2) is 5.26. The molecule has 1 aromatic carbocycles. The summed E-state index contributed by atoms with van der Waals surface area (Å²) in [6, 6.07) is 5.84. The molecule has 110 valence electrons. The van der Waals surface area contributed by atoms with Crippen molar-refractivity contribution >= 4 is 32.6 Å². The highest BCUT2D eigenvalue weighted by Crippen LogP contribution is 2.35. The lowest BCUT2D eigenvalue weighted by Crippen LogP contribution is -2.36. The van der Waals surface area contributed by atoms with Crippen LogP contribution in [0.15, 0.2) is 27.1 Å². The second-order valence-electron chi connectivity index (χ2n) is 6.58. The molecule has 0 radical (unpaired) electrons. The third kappa shape index (κ3) is 3.50. The van der Waals surface area contributed by atoms with Crippen molar-refractivity contribution in [3.05, 3.63) is 28.2 Å². The Morgan fingerprint density at radius 3 is 2.60 bits per heavy atom. The van der Waals surface area contributed by atoms with E-state index in [2.05, 4.69) is 20.3 Å². The summed E-state index contributed by atoms with van der Waals surface area (Å²) < 4.78 is 23.4. The Bertz CT molecular complexity index is 588. The zero-order valence-corrected chi connectivity index (χ0v) is 14.9. The van der Waals surface area contributed by atoms with Gasteiger partial charge in [-0.1, -0.05) is 15.9 Å². The van der Waals surface area contributed by atoms with Gasteiger partial charge in [-0.3, -0.25) is 0 Å². The largest absolute Gasteiger partial charge is 0.487 e. The van der Waals surface area contributed by atoms with Gasteiger partial charge in [0.2, 0.25) is 0 Å². The van der Waals surface area contributed by atoms with Crippen LogP contribution >= 0.6 is 15.9 Å². The van der Waals surface area contributed by atoms with Crippen LogP contribution in [0.25, 0.3) is 0 Å². The maximum Gasteiger partial charge on any atom is 0.145 e. The number of nitrogens with zero attached hydrogens (tertiary/aromatic N) is 1. The molecule has 3 nitrogen and oxygen atoms in total.